The van der Waals surface area contributed by atoms with E-state index in [0.717, 1.165) is 32.3 Å². The monoisotopic (exact) mass is 260 g/mol. The van der Waals surface area contributed by atoms with Crippen LogP contribution in [0.4, 0.5) is 8.78 Å². The topological polar surface area (TPSA) is 26.3 Å². The van der Waals surface area contributed by atoms with Crippen molar-refractivity contribution >= 4 is 5.78 Å². The number of hydrogen-bond donors (Lipinski definition) is 0. The summed E-state index contributed by atoms with van der Waals surface area (Å²) in [5, 5.41) is 0. The second kappa shape index (κ2) is 6.09. The fourth-order valence-corrected chi connectivity index (χ4v) is 2.94. The van der Waals surface area contributed by atoms with E-state index in [2.05, 4.69) is 0 Å². The molecule has 4 heteroatoms. The summed E-state index contributed by atoms with van der Waals surface area (Å²) in [4.78, 5) is 11.9. The molecular weight excluding hydrogens is 238 g/mol. The van der Waals surface area contributed by atoms with Gasteiger partial charge in [0.15, 0.2) is 0 Å². The molecule has 1 atom stereocenters. The molecular formula is C14H22F2O2. The number of halogens is 2. The standard InChI is InChI=1S/C14H22F2O2/c15-14(16)8-6-11(7-9-14)13(17)5-1-3-12-4-2-10-18-12/h11-12H,1-10H2. The molecule has 1 aliphatic heterocycles. The van der Waals surface area contributed by atoms with E-state index in [1.54, 1.807) is 0 Å². The Morgan fingerprint density at radius 3 is 2.56 bits per heavy atom. The molecule has 1 saturated carbocycles. The van der Waals surface area contributed by atoms with Gasteiger partial charge in [-0.1, -0.05) is 0 Å². The van der Waals surface area contributed by atoms with Gasteiger partial charge in [0.25, 0.3) is 0 Å². The van der Waals surface area contributed by atoms with Crippen molar-refractivity contribution in [3.8, 4) is 0 Å². The predicted molar refractivity (Wildman–Crippen MR) is 64.7 cm³/mol. The minimum Gasteiger partial charge on any atom is -0.378 e. The van der Waals surface area contributed by atoms with E-state index in [-0.39, 0.29) is 24.5 Å². The highest BCUT2D eigenvalue weighted by molar-refractivity contribution is 5.81. The molecule has 2 fully saturated rings. The Morgan fingerprint density at radius 1 is 1.22 bits per heavy atom. The van der Waals surface area contributed by atoms with Gasteiger partial charge < -0.3 is 4.74 Å². The van der Waals surface area contributed by atoms with E-state index in [0.29, 0.717) is 25.4 Å². The van der Waals surface area contributed by atoms with E-state index in [9.17, 15) is 13.6 Å². The number of ether oxygens (including phenoxy) is 1. The molecule has 1 heterocycles. The van der Waals surface area contributed by atoms with E-state index >= 15 is 0 Å². The number of ketones is 1. The minimum atomic E-state index is -2.53. The number of rotatable bonds is 5. The first kappa shape index (κ1) is 13.9. The van der Waals surface area contributed by atoms with Gasteiger partial charge >= 0.3 is 0 Å². The summed E-state index contributed by atoms with van der Waals surface area (Å²) in [7, 11) is 0. The van der Waals surface area contributed by atoms with Crippen LogP contribution in [-0.2, 0) is 9.53 Å². The van der Waals surface area contributed by atoms with Gasteiger partial charge in [0, 0.05) is 31.8 Å². The van der Waals surface area contributed by atoms with Crippen molar-refractivity contribution < 1.29 is 18.3 Å². The van der Waals surface area contributed by atoms with Crippen LogP contribution >= 0.6 is 0 Å². The lowest BCUT2D eigenvalue weighted by molar-refractivity contribution is -0.127. The maximum Gasteiger partial charge on any atom is 0.248 e. The smallest absolute Gasteiger partial charge is 0.248 e. The number of carbonyl (C=O) groups is 1. The average Bonchev–Trinajstić information content (AvgIpc) is 2.82. The normalized spacial score (nSPS) is 28.4. The number of alkyl halides is 2. The molecule has 1 aliphatic carbocycles. The maximum atomic E-state index is 13.0. The van der Waals surface area contributed by atoms with Crippen molar-refractivity contribution in [3.05, 3.63) is 0 Å². The van der Waals surface area contributed by atoms with Crippen molar-refractivity contribution in [1.29, 1.82) is 0 Å². The van der Waals surface area contributed by atoms with Crippen molar-refractivity contribution in [2.75, 3.05) is 6.61 Å². The molecule has 104 valence electrons. The lowest BCUT2D eigenvalue weighted by Crippen LogP contribution is -2.28. The van der Waals surface area contributed by atoms with Crippen LogP contribution in [0.15, 0.2) is 0 Å². The quantitative estimate of drug-likeness (QED) is 0.753. The Balaban J connectivity index is 1.62. The molecule has 0 aromatic carbocycles. The molecule has 0 spiro atoms. The van der Waals surface area contributed by atoms with E-state index in [1.807, 2.05) is 0 Å². The zero-order valence-electron chi connectivity index (χ0n) is 10.8. The first-order valence-electron chi connectivity index (χ1n) is 7.09. The van der Waals surface area contributed by atoms with Crippen LogP contribution < -0.4 is 0 Å². The number of carbonyl (C=O) groups excluding carboxylic acids is 1. The number of hydrogen-bond acceptors (Lipinski definition) is 2. The SMILES string of the molecule is O=C(CCCC1CCCO1)C1CCC(F)(F)CC1. The van der Waals surface area contributed by atoms with Crippen LogP contribution in [0.2, 0.25) is 0 Å². The third-order valence-electron chi connectivity index (χ3n) is 4.15. The maximum absolute atomic E-state index is 13.0. The van der Waals surface area contributed by atoms with Crippen molar-refractivity contribution in [1.82, 2.24) is 0 Å². The largest absolute Gasteiger partial charge is 0.378 e. The number of Topliss-reactive ketones (excluding diaryl/α,β-unsaturated/α-hetero) is 1. The zero-order valence-corrected chi connectivity index (χ0v) is 10.8. The summed E-state index contributed by atoms with van der Waals surface area (Å²) in [5.41, 5.74) is 0. The molecule has 0 aromatic rings. The first-order valence-corrected chi connectivity index (χ1v) is 7.09. The van der Waals surface area contributed by atoms with Crippen molar-refractivity contribution in [2.45, 2.75) is 69.8 Å². The Kier molecular flexibility index (Phi) is 4.71. The molecule has 2 nitrogen and oxygen atoms in total. The average molecular weight is 260 g/mol. The van der Waals surface area contributed by atoms with Crippen LogP contribution in [0.1, 0.15) is 57.8 Å². The lowest BCUT2D eigenvalue weighted by Gasteiger charge is -2.27. The second-order valence-electron chi connectivity index (χ2n) is 5.62. The Bertz CT molecular complexity index is 276. The molecule has 0 N–H and O–H groups in total. The van der Waals surface area contributed by atoms with Gasteiger partial charge in [0.2, 0.25) is 5.92 Å². The third-order valence-corrected chi connectivity index (χ3v) is 4.15. The summed E-state index contributed by atoms with van der Waals surface area (Å²) < 4.78 is 31.4. The van der Waals surface area contributed by atoms with E-state index in [1.165, 1.54) is 0 Å². The first-order chi connectivity index (χ1) is 8.57. The molecule has 2 rings (SSSR count). The highest BCUT2D eigenvalue weighted by atomic mass is 19.3. The summed E-state index contributed by atoms with van der Waals surface area (Å²) in [5.74, 6) is -2.47. The highest BCUT2D eigenvalue weighted by Crippen LogP contribution is 2.37. The third kappa shape index (κ3) is 4.01. The Hall–Kier alpha value is -0.510. The van der Waals surface area contributed by atoms with Gasteiger partial charge in [-0.3, -0.25) is 4.79 Å². The fraction of sp³-hybridized carbons (Fsp3) is 0.929. The molecule has 1 saturated heterocycles. The van der Waals surface area contributed by atoms with Gasteiger partial charge in [-0.25, -0.2) is 8.78 Å². The van der Waals surface area contributed by atoms with E-state index < -0.39 is 5.92 Å². The Labute approximate surface area is 107 Å². The van der Waals surface area contributed by atoms with Gasteiger partial charge in [-0.15, -0.1) is 0 Å². The summed E-state index contributed by atoms with van der Waals surface area (Å²) in [6.07, 6.45) is 5.37. The second-order valence-corrected chi connectivity index (χ2v) is 5.62. The molecule has 1 unspecified atom stereocenters. The van der Waals surface area contributed by atoms with E-state index in [4.69, 9.17) is 4.74 Å². The minimum absolute atomic E-state index is 0.116. The molecule has 18 heavy (non-hydrogen) atoms. The van der Waals surface area contributed by atoms with Crippen molar-refractivity contribution in [3.63, 3.8) is 0 Å². The summed E-state index contributed by atoms with van der Waals surface area (Å²) in [6.45, 7) is 0.844. The van der Waals surface area contributed by atoms with Gasteiger partial charge in [-0.05, 0) is 38.5 Å². The van der Waals surface area contributed by atoms with Crippen LogP contribution in [0.5, 0.6) is 0 Å². The zero-order chi connectivity index (χ0) is 13.0. The molecule has 2 aliphatic rings. The summed E-state index contributed by atoms with van der Waals surface area (Å²) >= 11 is 0. The predicted octanol–water partition coefficient (Wildman–Crippen LogP) is 3.73. The van der Waals surface area contributed by atoms with Gasteiger partial charge in [0.05, 0.1) is 6.10 Å². The molecule has 0 radical (unpaired) electrons. The van der Waals surface area contributed by atoms with Crippen LogP contribution in [-0.4, -0.2) is 24.4 Å². The highest BCUT2D eigenvalue weighted by Gasteiger charge is 2.36. The summed E-state index contributed by atoms with van der Waals surface area (Å²) in [6, 6.07) is 0. The van der Waals surface area contributed by atoms with Crippen LogP contribution in [0, 0.1) is 5.92 Å². The van der Waals surface area contributed by atoms with Gasteiger partial charge in [-0.2, -0.15) is 0 Å². The molecule has 0 aromatic heterocycles. The van der Waals surface area contributed by atoms with Crippen molar-refractivity contribution in [2.24, 2.45) is 5.92 Å². The van der Waals surface area contributed by atoms with Crippen LogP contribution in [0.25, 0.3) is 0 Å². The molecule has 0 amide bonds. The Morgan fingerprint density at radius 2 is 1.94 bits per heavy atom. The molecule has 0 bridgehead atoms. The lowest BCUT2D eigenvalue weighted by atomic mass is 9.82. The fourth-order valence-electron chi connectivity index (χ4n) is 2.94. The van der Waals surface area contributed by atoms with Gasteiger partial charge in [0.1, 0.15) is 5.78 Å². The van der Waals surface area contributed by atoms with Crippen LogP contribution in [0.3, 0.4) is 0 Å².